The Morgan fingerprint density at radius 1 is 1.18 bits per heavy atom. The zero-order valence-electron chi connectivity index (χ0n) is 22.5. The number of hydrogen-bond donors (Lipinski definition) is 4. The smallest absolute Gasteiger partial charge is 0.348 e. The van der Waals surface area contributed by atoms with Gasteiger partial charge in [0, 0.05) is 11.1 Å². The Morgan fingerprint density at radius 3 is 2.46 bits per heavy atom. The second kappa shape index (κ2) is 10.0. The van der Waals surface area contributed by atoms with E-state index in [0.717, 1.165) is 6.26 Å². The van der Waals surface area contributed by atoms with Crippen molar-refractivity contribution in [3.05, 3.63) is 64.6 Å². The lowest BCUT2D eigenvalue weighted by Gasteiger charge is -2.25. The van der Waals surface area contributed by atoms with Crippen molar-refractivity contribution in [2.75, 3.05) is 22.9 Å². The number of rotatable bonds is 7. The number of hydrogen-bond acceptors (Lipinski definition) is 7. The summed E-state index contributed by atoms with van der Waals surface area (Å²) >= 11 is 0. The monoisotopic (exact) mass is 578 g/mol. The number of halogens is 1. The molecule has 2 heterocycles. The molecule has 1 aliphatic heterocycles. The van der Waals surface area contributed by atoms with Crippen molar-refractivity contribution < 1.29 is 32.1 Å². The third-order valence-electron chi connectivity index (χ3n) is 6.11. The Labute approximate surface area is 227 Å². The molecule has 1 unspecified atom stereocenters. The molecule has 0 spiro atoms. The van der Waals surface area contributed by atoms with Crippen LogP contribution in [0.4, 0.5) is 15.8 Å². The second-order valence-electron chi connectivity index (χ2n) is 10.4. The lowest BCUT2D eigenvalue weighted by Crippen LogP contribution is -2.26. The topological polar surface area (TPSA) is 142 Å². The van der Waals surface area contributed by atoms with Crippen molar-refractivity contribution in [2.24, 2.45) is 4.76 Å². The molecule has 1 atom stereocenters. The molecule has 210 valence electrons. The molecule has 1 aromatic heterocycles. The van der Waals surface area contributed by atoms with E-state index in [4.69, 9.17) is 4.52 Å². The van der Waals surface area contributed by atoms with Gasteiger partial charge in [0.25, 0.3) is 0 Å². The molecule has 4 rings (SSSR count). The average Bonchev–Trinajstić information content (AvgIpc) is 3.05. The number of fused-ring (bicyclic) bond motifs is 1. The van der Waals surface area contributed by atoms with Crippen molar-refractivity contribution in [1.82, 2.24) is 4.57 Å². The fourth-order valence-corrected chi connectivity index (χ4v) is 6.95. The Morgan fingerprint density at radius 2 is 1.87 bits per heavy atom. The van der Waals surface area contributed by atoms with Crippen LogP contribution in [0.1, 0.15) is 50.1 Å². The number of aromatic nitrogens is 1. The quantitative estimate of drug-likeness (QED) is 0.295. The molecule has 1 aliphatic rings. The van der Waals surface area contributed by atoms with E-state index in [2.05, 4.69) is 14.8 Å². The maximum atomic E-state index is 14.0. The summed E-state index contributed by atoms with van der Waals surface area (Å²) in [5.41, 5.74) is 1.32. The summed E-state index contributed by atoms with van der Waals surface area (Å²) in [5.74, 6) is -1.01. The van der Waals surface area contributed by atoms with E-state index in [1.807, 2.05) is 20.8 Å². The minimum absolute atomic E-state index is 0.0351. The van der Waals surface area contributed by atoms with E-state index in [1.54, 1.807) is 26.0 Å². The van der Waals surface area contributed by atoms with Crippen LogP contribution in [0.15, 0.2) is 41.2 Å². The standard InChI is InChI=1S/C26H32FN4O6PS/c1-7-37-38(34)20-13-17(30-39(6,35)36)9-11-19(20)28-24(29-38)21-22(32)23(26(3,4)5)31(25(21)33)14-16-8-10-18(27)15(2)12-16/h8-13,30,32-33H,7,14H2,1-6H3,(H,28,29,34). The number of aryl methyl sites for hydroxylation is 1. The number of nitrogens with one attached hydrogen (secondary N) is 2. The summed E-state index contributed by atoms with van der Waals surface area (Å²) < 4.78 is 65.1. The highest BCUT2D eigenvalue weighted by Crippen LogP contribution is 2.54. The van der Waals surface area contributed by atoms with E-state index in [-0.39, 0.29) is 53.0 Å². The third-order valence-corrected chi connectivity index (χ3v) is 8.77. The van der Waals surface area contributed by atoms with E-state index in [9.17, 15) is 27.6 Å². The highest BCUT2D eigenvalue weighted by atomic mass is 32.2. The summed E-state index contributed by atoms with van der Waals surface area (Å²) in [6.07, 6.45) is 0.999. The van der Waals surface area contributed by atoms with Crippen LogP contribution in [0, 0.1) is 12.7 Å². The molecule has 0 bridgehead atoms. The van der Waals surface area contributed by atoms with E-state index in [1.165, 1.54) is 28.8 Å². The molecule has 0 amide bonds. The molecule has 0 saturated carbocycles. The van der Waals surface area contributed by atoms with Gasteiger partial charge in [-0.15, -0.1) is 0 Å². The maximum absolute atomic E-state index is 14.0. The van der Waals surface area contributed by atoms with Crippen molar-refractivity contribution in [3.8, 4) is 11.6 Å². The Hall–Kier alpha value is -3.34. The summed E-state index contributed by atoms with van der Waals surface area (Å²) in [4.78, 5) is 0. The summed E-state index contributed by atoms with van der Waals surface area (Å²) in [6.45, 7) is 9.04. The lowest BCUT2D eigenvalue weighted by molar-refractivity contribution is 0.341. The van der Waals surface area contributed by atoms with Gasteiger partial charge in [0.2, 0.25) is 15.9 Å². The van der Waals surface area contributed by atoms with Crippen LogP contribution in [0.25, 0.3) is 0 Å². The summed E-state index contributed by atoms with van der Waals surface area (Å²) in [7, 11) is -7.56. The number of amidine groups is 1. The molecule has 0 radical (unpaired) electrons. The van der Waals surface area contributed by atoms with Crippen LogP contribution in [-0.2, 0) is 31.1 Å². The van der Waals surface area contributed by atoms with Gasteiger partial charge >= 0.3 is 7.52 Å². The van der Waals surface area contributed by atoms with E-state index < -0.39 is 23.0 Å². The highest BCUT2D eigenvalue weighted by Gasteiger charge is 2.39. The molecule has 3 aromatic rings. The molecular weight excluding hydrogens is 546 g/mol. The van der Waals surface area contributed by atoms with Gasteiger partial charge < -0.3 is 24.6 Å². The minimum Gasteiger partial charge on any atom is -0.505 e. The van der Waals surface area contributed by atoms with Crippen LogP contribution in [-0.4, -0.2) is 41.9 Å². The van der Waals surface area contributed by atoms with Gasteiger partial charge in [0.1, 0.15) is 11.4 Å². The first-order valence-electron chi connectivity index (χ1n) is 12.2. The normalized spacial score (nSPS) is 17.4. The predicted molar refractivity (Wildman–Crippen MR) is 151 cm³/mol. The van der Waals surface area contributed by atoms with Crippen LogP contribution in [0.2, 0.25) is 0 Å². The van der Waals surface area contributed by atoms with Gasteiger partial charge in [0.15, 0.2) is 11.6 Å². The number of nitrogens with zero attached hydrogens (tertiary/aromatic N) is 2. The average molecular weight is 579 g/mol. The summed E-state index contributed by atoms with van der Waals surface area (Å²) in [6, 6.07) is 8.98. The van der Waals surface area contributed by atoms with E-state index >= 15 is 0 Å². The van der Waals surface area contributed by atoms with Gasteiger partial charge in [-0.1, -0.05) is 32.9 Å². The van der Waals surface area contributed by atoms with Crippen molar-refractivity contribution in [2.45, 2.75) is 46.6 Å². The van der Waals surface area contributed by atoms with Crippen LogP contribution >= 0.6 is 7.52 Å². The van der Waals surface area contributed by atoms with Crippen molar-refractivity contribution in [3.63, 3.8) is 0 Å². The van der Waals surface area contributed by atoms with Crippen molar-refractivity contribution in [1.29, 1.82) is 0 Å². The molecule has 39 heavy (non-hydrogen) atoms. The number of sulfonamides is 1. The minimum atomic E-state index is -3.96. The zero-order chi connectivity index (χ0) is 28.9. The van der Waals surface area contributed by atoms with Gasteiger partial charge in [-0.3, -0.25) is 9.29 Å². The van der Waals surface area contributed by atoms with Gasteiger partial charge in [-0.2, -0.15) is 4.76 Å². The third kappa shape index (κ3) is 5.68. The number of anilines is 2. The van der Waals surface area contributed by atoms with Crippen LogP contribution < -0.4 is 15.3 Å². The SMILES string of the molecule is CCOP1(=O)N=C(c2c(O)c(C(C)(C)C)n(Cc3ccc(F)c(C)c3)c2O)Nc2ccc(NS(C)(=O)=O)cc21. The first-order valence-corrected chi connectivity index (χ1v) is 15.7. The molecule has 2 aromatic carbocycles. The van der Waals surface area contributed by atoms with E-state index in [0.29, 0.717) is 22.5 Å². The highest BCUT2D eigenvalue weighted by molar-refractivity contribution is 7.92. The molecule has 4 N–H and O–H groups in total. The zero-order valence-corrected chi connectivity index (χ0v) is 24.2. The lowest BCUT2D eigenvalue weighted by atomic mass is 9.91. The largest absolute Gasteiger partial charge is 0.505 e. The fraction of sp³-hybridized carbons (Fsp3) is 0.346. The number of benzene rings is 2. The molecule has 10 nitrogen and oxygen atoms in total. The Bertz CT molecular complexity index is 1640. The van der Waals surface area contributed by atoms with Gasteiger partial charge in [-0.25, -0.2) is 12.8 Å². The maximum Gasteiger partial charge on any atom is 0.348 e. The van der Waals surface area contributed by atoms with Crippen LogP contribution in [0.3, 0.4) is 0 Å². The van der Waals surface area contributed by atoms with Crippen molar-refractivity contribution >= 4 is 40.1 Å². The number of aromatic hydroxyl groups is 2. The molecule has 0 fully saturated rings. The molecule has 13 heteroatoms. The molecule has 0 saturated heterocycles. The van der Waals surface area contributed by atoms with Gasteiger partial charge in [0.05, 0.1) is 36.1 Å². The second-order valence-corrected chi connectivity index (χ2v) is 14.2. The summed E-state index contributed by atoms with van der Waals surface area (Å²) in [5, 5.41) is 26.0. The Kier molecular flexibility index (Phi) is 7.35. The molecule has 0 aliphatic carbocycles. The first-order chi connectivity index (χ1) is 18.0. The first kappa shape index (κ1) is 28.7. The predicted octanol–water partition coefficient (Wildman–Crippen LogP) is 4.79. The fourth-order valence-electron chi connectivity index (χ4n) is 4.59. The Balaban J connectivity index is 1.88. The van der Waals surface area contributed by atoms with Gasteiger partial charge in [-0.05, 0) is 49.2 Å². The van der Waals surface area contributed by atoms with Crippen LogP contribution in [0.5, 0.6) is 11.6 Å². The molecular formula is C26H32FN4O6PS.